The van der Waals surface area contributed by atoms with Crippen molar-refractivity contribution in [1.82, 2.24) is 10.2 Å². The van der Waals surface area contributed by atoms with E-state index in [4.69, 9.17) is 4.74 Å². The average Bonchev–Trinajstić information content (AvgIpc) is 3.11. The Morgan fingerprint density at radius 1 is 1.55 bits per heavy atom. The summed E-state index contributed by atoms with van der Waals surface area (Å²) in [5.41, 5.74) is 0. The first-order valence-electron chi connectivity index (χ1n) is 7.35. The minimum atomic E-state index is -0.139. The zero-order chi connectivity index (χ0) is 13.9. The molecule has 1 N–H and O–H groups in total. The van der Waals surface area contributed by atoms with Crippen LogP contribution in [0.2, 0.25) is 0 Å². The lowest BCUT2D eigenvalue weighted by atomic mass is 9.93. The number of ether oxygens (including phenoxy) is 1. The number of hydrogen-bond acceptors (Lipinski definition) is 5. The molecule has 0 spiro atoms. The third-order valence-electron chi connectivity index (χ3n) is 4.53. The molecule has 0 aromatic carbocycles. The van der Waals surface area contributed by atoms with Crippen LogP contribution in [0.15, 0.2) is 17.5 Å². The molecule has 4 unspecified atom stereocenters. The monoisotopic (exact) mass is 294 g/mol. The summed E-state index contributed by atoms with van der Waals surface area (Å²) in [5, 5.41) is 5.80. The number of esters is 1. The summed E-state index contributed by atoms with van der Waals surface area (Å²) in [4.78, 5) is 15.4. The van der Waals surface area contributed by atoms with Gasteiger partial charge < -0.3 is 15.0 Å². The summed E-state index contributed by atoms with van der Waals surface area (Å²) >= 11 is 1.71. The van der Waals surface area contributed by atoms with Crippen LogP contribution in [0.3, 0.4) is 0 Å². The molecule has 2 saturated heterocycles. The van der Waals surface area contributed by atoms with Crippen molar-refractivity contribution in [3.63, 3.8) is 0 Å². The Hall–Kier alpha value is -0.910. The smallest absolute Gasteiger partial charge is 0.307 e. The van der Waals surface area contributed by atoms with Crippen molar-refractivity contribution in [1.29, 1.82) is 0 Å². The van der Waals surface area contributed by atoms with E-state index >= 15 is 0 Å². The lowest BCUT2D eigenvalue weighted by molar-refractivity contribution is -0.141. The molecule has 4 nitrogen and oxygen atoms in total. The maximum atomic E-state index is 11.7. The first kappa shape index (κ1) is 14.0. The van der Waals surface area contributed by atoms with Gasteiger partial charge in [-0.1, -0.05) is 6.07 Å². The first-order chi connectivity index (χ1) is 9.76. The summed E-state index contributed by atoms with van der Waals surface area (Å²) in [6.45, 7) is 3.64. The molecule has 0 amide bonds. The number of fused-ring (bicyclic) bond motifs is 2. The number of rotatable bonds is 5. The Balaban J connectivity index is 1.68. The van der Waals surface area contributed by atoms with Gasteiger partial charge in [0, 0.05) is 17.5 Å². The molecule has 0 aliphatic carbocycles. The number of piperidine rings is 1. The number of carbonyl (C=O) groups excluding carboxylic acids is 1. The number of carbonyl (C=O) groups is 1. The maximum Gasteiger partial charge on any atom is 0.307 e. The van der Waals surface area contributed by atoms with E-state index in [0.29, 0.717) is 12.5 Å². The summed E-state index contributed by atoms with van der Waals surface area (Å²) in [6, 6.07) is 4.78. The van der Waals surface area contributed by atoms with Gasteiger partial charge in [-0.15, -0.1) is 11.3 Å². The second kappa shape index (κ2) is 6.24. The maximum absolute atomic E-state index is 11.7. The predicted octanol–water partition coefficient (Wildman–Crippen LogP) is 2.04. The fourth-order valence-corrected chi connectivity index (χ4v) is 4.20. The Labute approximate surface area is 124 Å². The topological polar surface area (TPSA) is 41.6 Å². The highest BCUT2D eigenvalue weighted by Gasteiger charge is 2.35. The second-order valence-electron chi connectivity index (χ2n) is 5.76. The Morgan fingerprint density at radius 3 is 3.15 bits per heavy atom. The van der Waals surface area contributed by atoms with E-state index in [9.17, 15) is 4.79 Å². The standard InChI is InChI=1S/C15H22N2O2S/c1-19-15(18)9-13(14-3-2-8-20-14)16-12-5-7-17-6-4-11(12)10-17/h2-3,8,11-13,16H,4-7,9-10H2,1H3. The van der Waals surface area contributed by atoms with E-state index in [-0.39, 0.29) is 12.0 Å². The first-order valence-corrected chi connectivity index (χ1v) is 8.23. The van der Waals surface area contributed by atoms with Crippen LogP contribution in [0.5, 0.6) is 0 Å². The third kappa shape index (κ3) is 3.05. The van der Waals surface area contributed by atoms with Gasteiger partial charge in [0.15, 0.2) is 0 Å². The summed E-state index contributed by atoms with van der Waals surface area (Å²) in [5.74, 6) is 0.601. The van der Waals surface area contributed by atoms with Gasteiger partial charge in [0.2, 0.25) is 0 Å². The van der Waals surface area contributed by atoms with Crippen molar-refractivity contribution >= 4 is 17.3 Å². The minimum Gasteiger partial charge on any atom is -0.469 e. The molecule has 2 fully saturated rings. The van der Waals surface area contributed by atoms with Gasteiger partial charge in [-0.3, -0.25) is 4.79 Å². The zero-order valence-electron chi connectivity index (χ0n) is 11.9. The van der Waals surface area contributed by atoms with E-state index in [0.717, 1.165) is 5.92 Å². The van der Waals surface area contributed by atoms with Gasteiger partial charge in [0.25, 0.3) is 0 Å². The quantitative estimate of drug-likeness (QED) is 0.844. The molecule has 0 saturated carbocycles. The van der Waals surface area contributed by atoms with Gasteiger partial charge in [0.05, 0.1) is 19.6 Å². The summed E-state index contributed by atoms with van der Waals surface area (Å²) < 4.78 is 4.85. The average molecular weight is 294 g/mol. The van der Waals surface area contributed by atoms with Crippen LogP contribution in [0.4, 0.5) is 0 Å². The van der Waals surface area contributed by atoms with Gasteiger partial charge in [-0.05, 0) is 43.3 Å². The zero-order valence-corrected chi connectivity index (χ0v) is 12.7. The second-order valence-corrected chi connectivity index (χ2v) is 6.74. The molecule has 4 atom stereocenters. The fraction of sp³-hybridized carbons (Fsp3) is 0.667. The molecule has 3 rings (SSSR count). The van der Waals surface area contributed by atoms with Crippen molar-refractivity contribution < 1.29 is 9.53 Å². The molecule has 20 heavy (non-hydrogen) atoms. The van der Waals surface area contributed by atoms with Gasteiger partial charge >= 0.3 is 5.97 Å². The molecular weight excluding hydrogens is 272 g/mol. The lowest BCUT2D eigenvalue weighted by Gasteiger charge is -2.33. The Kier molecular flexibility index (Phi) is 4.38. The van der Waals surface area contributed by atoms with E-state index in [2.05, 4.69) is 21.7 Å². The van der Waals surface area contributed by atoms with E-state index in [1.54, 1.807) is 11.3 Å². The van der Waals surface area contributed by atoms with Gasteiger partial charge in [-0.2, -0.15) is 0 Å². The van der Waals surface area contributed by atoms with Crippen molar-refractivity contribution in [2.45, 2.75) is 31.3 Å². The number of hydrogen-bond donors (Lipinski definition) is 1. The van der Waals surface area contributed by atoms with Crippen LogP contribution in [0.1, 0.15) is 30.2 Å². The van der Waals surface area contributed by atoms with Gasteiger partial charge in [-0.25, -0.2) is 0 Å². The van der Waals surface area contributed by atoms with Crippen LogP contribution in [-0.4, -0.2) is 43.7 Å². The number of thiophene rings is 1. The summed E-state index contributed by atoms with van der Waals surface area (Å²) in [7, 11) is 1.46. The lowest BCUT2D eigenvalue weighted by Crippen LogP contribution is -2.45. The van der Waals surface area contributed by atoms with Crippen molar-refractivity contribution in [3.05, 3.63) is 22.4 Å². The predicted molar refractivity (Wildman–Crippen MR) is 79.8 cm³/mol. The minimum absolute atomic E-state index is 0.0969. The fourth-order valence-electron chi connectivity index (χ4n) is 3.41. The van der Waals surface area contributed by atoms with Crippen molar-refractivity contribution in [3.8, 4) is 0 Å². The normalized spacial score (nSPS) is 30.1. The number of methoxy groups -OCH3 is 1. The van der Waals surface area contributed by atoms with Crippen LogP contribution in [-0.2, 0) is 9.53 Å². The van der Waals surface area contributed by atoms with E-state index in [1.807, 2.05) is 6.07 Å². The van der Waals surface area contributed by atoms with E-state index in [1.165, 1.54) is 44.5 Å². The Bertz CT molecular complexity index is 449. The van der Waals surface area contributed by atoms with Crippen LogP contribution >= 0.6 is 11.3 Å². The molecule has 5 heteroatoms. The molecule has 2 aliphatic heterocycles. The highest BCUT2D eigenvalue weighted by atomic mass is 32.1. The number of nitrogens with zero attached hydrogens (tertiary/aromatic N) is 1. The molecule has 2 aliphatic rings. The SMILES string of the molecule is COC(=O)CC(NC1CCN2CCC1C2)c1cccs1. The van der Waals surface area contributed by atoms with Gasteiger partial charge in [0.1, 0.15) is 0 Å². The Morgan fingerprint density at radius 2 is 2.40 bits per heavy atom. The molecular formula is C15H22N2O2S. The van der Waals surface area contributed by atoms with Crippen LogP contribution in [0.25, 0.3) is 0 Å². The largest absolute Gasteiger partial charge is 0.469 e. The molecule has 110 valence electrons. The third-order valence-corrected chi connectivity index (χ3v) is 5.52. The molecule has 0 radical (unpaired) electrons. The summed E-state index contributed by atoms with van der Waals surface area (Å²) in [6.07, 6.45) is 2.89. The van der Waals surface area contributed by atoms with E-state index < -0.39 is 0 Å². The molecule has 1 aromatic heterocycles. The highest BCUT2D eigenvalue weighted by Crippen LogP contribution is 2.31. The van der Waals surface area contributed by atoms with Crippen molar-refractivity contribution in [2.75, 3.05) is 26.7 Å². The van der Waals surface area contributed by atoms with Crippen LogP contribution < -0.4 is 5.32 Å². The number of nitrogens with one attached hydrogen (secondary N) is 1. The van der Waals surface area contributed by atoms with Crippen LogP contribution in [0, 0.1) is 5.92 Å². The molecule has 2 bridgehead atoms. The molecule has 1 aromatic rings. The highest BCUT2D eigenvalue weighted by molar-refractivity contribution is 7.10. The molecule has 3 heterocycles. The van der Waals surface area contributed by atoms with Crippen molar-refractivity contribution in [2.24, 2.45) is 5.92 Å².